The smallest absolute Gasteiger partial charge is 0.205 e. The van der Waals surface area contributed by atoms with E-state index >= 15 is 0 Å². The first-order valence-corrected chi connectivity index (χ1v) is 4.71. The number of alkyl halides is 2. The fourth-order valence-electron chi connectivity index (χ4n) is 0.910. The Morgan fingerprint density at radius 3 is 2.50 bits per heavy atom. The summed E-state index contributed by atoms with van der Waals surface area (Å²) in [6.07, 6.45) is -2.49. The first kappa shape index (κ1) is 10.2. The van der Waals surface area contributed by atoms with Gasteiger partial charge in [-0.25, -0.2) is 8.78 Å². The van der Waals surface area contributed by atoms with E-state index < -0.39 is 6.43 Å². The third kappa shape index (κ3) is 2.07. The summed E-state index contributed by atoms with van der Waals surface area (Å²) in [4.78, 5) is 0. The molecule has 0 aromatic heterocycles. The van der Waals surface area contributed by atoms with E-state index in [2.05, 4.69) is 0 Å². The summed E-state index contributed by atoms with van der Waals surface area (Å²) in [6.45, 7) is 1.72. The van der Waals surface area contributed by atoms with Gasteiger partial charge in [0.25, 0.3) is 6.43 Å². The minimum absolute atomic E-state index is 0.0823. The van der Waals surface area contributed by atoms with Crippen LogP contribution in [0.3, 0.4) is 0 Å². The van der Waals surface area contributed by atoms with Crippen LogP contribution in [0.4, 0.5) is 8.78 Å². The van der Waals surface area contributed by atoms with Gasteiger partial charge in [0.2, 0.25) is 0 Å². The van der Waals surface area contributed by atoms with Gasteiger partial charge in [0.05, 0.1) is 5.02 Å². The maximum Gasteiger partial charge on any atom is 0.265 e. The molecule has 0 aliphatic rings. The van der Waals surface area contributed by atoms with Crippen molar-refractivity contribution in [2.24, 2.45) is 0 Å². The monoisotopic (exact) mass is 302 g/mol. The third-order valence-electron chi connectivity index (χ3n) is 1.48. The fourth-order valence-corrected chi connectivity index (χ4v) is 1.90. The molecule has 1 aromatic carbocycles. The molecule has 66 valence electrons. The highest BCUT2D eigenvalue weighted by Crippen LogP contribution is 2.31. The highest BCUT2D eigenvalue weighted by molar-refractivity contribution is 14.1. The van der Waals surface area contributed by atoms with Crippen molar-refractivity contribution in [3.05, 3.63) is 31.9 Å². The van der Waals surface area contributed by atoms with Gasteiger partial charge in [-0.1, -0.05) is 11.6 Å². The lowest BCUT2D eigenvalue weighted by Crippen LogP contribution is -1.90. The van der Waals surface area contributed by atoms with Gasteiger partial charge in [0.1, 0.15) is 0 Å². The van der Waals surface area contributed by atoms with Crippen molar-refractivity contribution in [1.29, 1.82) is 0 Å². The van der Waals surface area contributed by atoms with Gasteiger partial charge in [-0.05, 0) is 47.2 Å². The Kier molecular flexibility index (Phi) is 3.29. The molecule has 0 nitrogen and oxygen atoms in total. The highest BCUT2D eigenvalue weighted by Gasteiger charge is 2.13. The van der Waals surface area contributed by atoms with E-state index in [4.69, 9.17) is 11.6 Å². The lowest BCUT2D eigenvalue weighted by atomic mass is 10.1. The molecule has 4 heteroatoms. The quantitative estimate of drug-likeness (QED) is 0.682. The second-order valence-corrected chi connectivity index (χ2v) is 4.05. The van der Waals surface area contributed by atoms with Crippen LogP contribution in [-0.2, 0) is 0 Å². The average Bonchev–Trinajstić information content (AvgIpc) is 1.96. The van der Waals surface area contributed by atoms with E-state index in [-0.39, 0.29) is 10.6 Å². The van der Waals surface area contributed by atoms with Crippen molar-refractivity contribution >= 4 is 34.2 Å². The Bertz CT molecular complexity index is 299. The number of halogens is 4. The molecule has 1 rings (SSSR count). The Hall–Kier alpha value is 0.1000. The van der Waals surface area contributed by atoms with Gasteiger partial charge in [0, 0.05) is 9.13 Å². The van der Waals surface area contributed by atoms with Crippen molar-refractivity contribution in [2.45, 2.75) is 13.3 Å². The molecule has 0 atom stereocenters. The Balaban J connectivity index is 3.28. The van der Waals surface area contributed by atoms with E-state index in [1.165, 1.54) is 6.07 Å². The second kappa shape index (κ2) is 3.87. The molecule has 0 amide bonds. The molecule has 0 N–H and O–H groups in total. The van der Waals surface area contributed by atoms with Gasteiger partial charge >= 0.3 is 0 Å². The van der Waals surface area contributed by atoms with Crippen molar-refractivity contribution in [3.63, 3.8) is 0 Å². The lowest BCUT2D eigenvalue weighted by Gasteiger charge is -2.06. The molecule has 0 spiro atoms. The normalized spacial score (nSPS) is 10.8. The van der Waals surface area contributed by atoms with Crippen molar-refractivity contribution in [2.75, 3.05) is 0 Å². The predicted octanol–water partition coefficient (Wildman–Crippen LogP) is 4.19. The zero-order valence-corrected chi connectivity index (χ0v) is 9.16. The number of benzene rings is 1. The molecule has 0 fully saturated rings. The average molecular weight is 302 g/mol. The van der Waals surface area contributed by atoms with E-state index in [1.807, 2.05) is 22.6 Å². The maximum absolute atomic E-state index is 12.3. The van der Waals surface area contributed by atoms with Crippen LogP contribution in [0.15, 0.2) is 12.1 Å². The largest absolute Gasteiger partial charge is 0.265 e. The van der Waals surface area contributed by atoms with Crippen molar-refractivity contribution in [3.8, 4) is 0 Å². The van der Waals surface area contributed by atoms with Crippen LogP contribution in [0.2, 0.25) is 5.02 Å². The summed E-state index contributed by atoms with van der Waals surface area (Å²) in [5.41, 5.74) is 0.611. The molecular weight excluding hydrogens is 296 g/mol. The number of hydrogen-bond donors (Lipinski definition) is 0. The molecule has 1 aromatic rings. The van der Waals surface area contributed by atoms with Gasteiger partial charge in [-0.3, -0.25) is 0 Å². The van der Waals surface area contributed by atoms with Crippen LogP contribution in [0.25, 0.3) is 0 Å². The standard InChI is InChI=1S/C8H6ClF2I/c1-4-2-5(12)3-6(7(4)9)8(10)11/h2-3,8H,1H3. The molecule has 0 bridgehead atoms. The predicted molar refractivity (Wildman–Crippen MR) is 53.9 cm³/mol. The molecule has 0 heterocycles. The maximum atomic E-state index is 12.3. The Morgan fingerprint density at radius 2 is 2.00 bits per heavy atom. The van der Waals surface area contributed by atoms with Crippen LogP contribution in [0.5, 0.6) is 0 Å². The SMILES string of the molecule is Cc1cc(I)cc(C(F)F)c1Cl. The van der Waals surface area contributed by atoms with E-state index in [0.717, 1.165) is 3.57 Å². The topological polar surface area (TPSA) is 0 Å². The summed E-state index contributed by atoms with van der Waals surface area (Å²) < 4.78 is 25.4. The first-order valence-electron chi connectivity index (χ1n) is 3.26. The van der Waals surface area contributed by atoms with Gasteiger partial charge in [-0.2, -0.15) is 0 Å². The summed E-state index contributed by atoms with van der Waals surface area (Å²) in [5.74, 6) is 0. The molecular formula is C8H6ClF2I. The summed E-state index contributed by atoms with van der Waals surface area (Å²) in [5, 5.41) is 0.172. The van der Waals surface area contributed by atoms with Crippen molar-refractivity contribution < 1.29 is 8.78 Å². The second-order valence-electron chi connectivity index (χ2n) is 2.43. The summed E-state index contributed by atoms with van der Waals surface area (Å²) in [6, 6.07) is 3.18. The van der Waals surface area contributed by atoms with Gasteiger partial charge < -0.3 is 0 Å². The molecule has 0 radical (unpaired) electrons. The van der Waals surface area contributed by atoms with E-state index in [1.54, 1.807) is 13.0 Å². The van der Waals surface area contributed by atoms with Gasteiger partial charge in [0.15, 0.2) is 0 Å². The molecule has 0 saturated carbocycles. The van der Waals surface area contributed by atoms with Crippen molar-refractivity contribution in [1.82, 2.24) is 0 Å². The van der Waals surface area contributed by atoms with Crippen LogP contribution in [0.1, 0.15) is 17.6 Å². The van der Waals surface area contributed by atoms with Crippen LogP contribution < -0.4 is 0 Å². The third-order valence-corrected chi connectivity index (χ3v) is 2.62. The first-order chi connectivity index (χ1) is 5.52. The number of aryl methyl sites for hydroxylation is 1. The van der Waals surface area contributed by atoms with E-state index in [9.17, 15) is 8.78 Å². The molecule has 0 saturated heterocycles. The van der Waals surface area contributed by atoms with E-state index in [0.29, 0.717) is 5.56 Å². The summed E-state index contributed by atoms with van der Waals surface area (Å²) in [7, 11) is 0. The van der Waals surface area contributed by atoms with Crippen LogP contribution in [0, 0.1) is 10.5 Å². The lowest BCUT2D eigenvalue weighted by molar-refractivity contribution is 0.151. The minimum atomic E-state index is -2.49. The molecule has 12 heavy (non-hydrogen) atoms. The van der Waals surface area contributed by atoms with Gasteiger partial charge in [-0.15, -0.1) is 0 Å². The molecule has 0 aliphatic heterocycles. The summed E-state index contributed by atoms with van der Waals surface area (Å²) >= 11 is 7.67. The Labute approximate surface area is 88.1 Å². The molecule has 0 unspecified atom stereocenters. The fraction of sp³-hybridized carbons (Fsp3) is 0.250. The number of hydrogen-bond acceptors (Lipinski definition) is 0. The zero-order valence-electron chi connectivity index (χ0n) is 6.24. The minimum Gasteiger partial charge on any atom is -0.205 e. The number of rotatable bonds is 1. The molecule has 0 aliphatic carbocycles. The highest BCUT2D eigenvalue weighted by atomic mass is 127. The van der Waals surface area contributed by atoms with Crippen LogP contribution in [-0.4, -0.2) is 0 Å². The van der Waals surface area contributed by atoms with Crippen LogP contribution >= 0.6 is 34.2 Å². The zero-order chi connectivity index (χ0) is 9.30. The Morgan fingerprint density at radius 1 is 1.42 bits per heavy atom.